The fraction of sp³-hybridized carbons (Fsp3) is 0.176. The van der Waals surface area contributed by atoms with E-state index in [0.29, 0.717) is 0 Å². The molecule has 0 saturated carbocycles. The molecule has 0 aromatic heterocycles. The Morgan fingerprint density at radius 1 is 1.19 bits per heavy atom. The summed E-state index contributed by atoms with van der Waals surface area (Å²) >= 11 is 5.76. The molecule has 9 heteroatoms. The first-order valence-electron chi connectivity index (χ1n) is 7.42. The summed E-state index contributed by atoms with van der Waals surface area (Å²) in [5.74, 6) is -1.96. The summed E-state index contributed by atoms with van der Waals surface area (Å²) in [5.41, 5.74) is 0.173. The van der Waals surface area contributed by atoms with Crippen molar-refractivity contribution in [3.63, 3.8) is 0 Å². The van der Waals surface area contributed by atoms with Gasteiger partial charge in [0.25, 0.3) is 0 Å². The van der Waals surface area contributed by atoms with Crippen LogP contribution in [-0.2, 0) is 19.6 Å². The molecule has 6 nitrogen and oxygen atoms in total. The lowest BCUT2D eigenvalue weighted by molar-refractivity contribution is -0.144. The molecule has 0 aliphatic carbocycles. The van der Waals surface area contributed by atoms with Crippen LogP contribution in [0.2, 0.25) is 5.02 Å². The third kappa shape index (κ3) is 5.35. The molecule has 0 fully saturated rings. The zero-order valence-corrected chi connectivity index (χ0v) is 15.2. The van der Waals surface area contributed by atoms with Crippen LogP contribution >= 0.6 is 11.6 Å². The van der Waals surface area contributed by atoms with Gasteiger partial charge in [-0.05, 0) is 49.4 Å². The zero-order valence-electron chi connectivity index (χ0n) is 13.6. The van der Waals surface area contributed by atoms with Crippen molar-refractivity contribution in [2.75, 3.05) is 6.61 Å². The number of esters is 1. The van der Waals surface area contributed by atoms with Gasteiger partial charge < -0.3 is 4.74 Å². The van der Waals surface area contributed by atoms with Gasteiger partial charge in [-0.1, -0.05) is 17.7 Å². The van der Waals surface area contributed by atoms with Crippen LogP contribution in [-0.4, -0.2) is 32.8 Å². The van der Waals surface area contributed by atoms with Crippen LogP contribution in [0.15, 0.2) is 53.4 Å². The molecule has 0 radical (unpaired) electrons. The number of Topliss-reactive ketones (excluding diaryl/α,β-unsaturated/α-hetero) is 1. The molecule has 1 atom stereocenters. The maximum absolute atomic E-state index is 12.8. The van der Waals surface area contributed by atoms with Crippen LogP contribution < -0.4 is 4.72 Å². The van der Waals surface area contributed by atoms with Gasteiger partial charge in [0.1, 0.15) is 11.9 Å². The summed E-state index contributed by atoms with van der Waals surface area (Å²) in [7, 11) is -3.98. The lowest BCUT2D eigenvalue weighted by Crippen LogP contribution is -2.40. The van der Waals surface area contributed by atoms with Gasteiger partial charge in [-0.25, -0.2) is 12.8 Å². The molecule has 0 aliphatic rings. The first-order valence-corrected chi connectivity index (χ1v) is 9.28. The maximum atomic E-state index is 12.8. The summed E-state index contributed by atoms with van der Waals surface area (Å²) in [6.07, 6.45) is 0. The third-order valence-corrected chi connectivity index (χ3v) is 5.08. The summed E-state index contributed by atoms with van der Waals surface area (Å²) < 4.78 is 44.2. The second kappa shape index (κ2) is 8.39. The van der Waals surface area contributed by atoms with Crippen molar-refractivity contribution in [1.29, 1.82) is 0 Å². The van der Waals surface area contributed by atoms with Crippen LogP contribution in [0.3, 0.4) is 0 Å². The molecule has 0 bridgehead atoms. The van der Waals surface area contributed by atoms with E-state index in [4.69, 9.17) is 16.3 Å². The molecule has 2 aromatic rings. The monoisotopic (exact) mass is 399 g/mol. The number of carbonyl (C=O) groups excluding carboxylic acids is 2. The number of ether oxygens (including phenoxy) is 1. The number of benzene rings is 2. The quantitative estimate of drug-likeness (QED) is 0.571. The van der Waals surface area contributed by atoms with E-state index in [1.807, 2.05) is 0 Å². The van der Waals surface area contributed by atoms with Crippen LogP contribution in [0, 0.1) is 5.82 Å². The predicted molar refractivity (Wildman–Crippen MR) is 92.9 cm³/mol. The lowest BCUT2D eigenvalue weighted by atomic mass is 10.1. The van der Waals surface area contributed by atoms with Crippen molar-refractivity contribution in [3.8, 4) is 0 Å². The molecule has 0 heterocycles. The molecule has 0 aliphatic heterocycles. The van der Waals surface area contributed by atoms with E-state index in [1.54, 1.807) is 0 Å². The number of hydrogen-bond donors (Lipinski definition) is 1. The molecule has 1 N–H and O–H groups in total. The highest BCUT2D eigenvalue weighted by atomic mass is 35.5. The average molecular weight is 400 g/mol. The number of rotatable bonds is 7. The zero-order chi connectivity index (χ0) is 19.3. The van der Waals surface area contributed by atoms with Gasteiger partial charge in [-0.15, -0.1) is 0 Å². The summed E-state index contributed by atoms with van der Waals surface area (Å²) in [4.78, 5) is 23.7. The molecule has 0 saturated heterocycles. The molecule has 26 heavy (non-hydrogen) atoms. The highest BCUT2D eigenvalue weighted by Gasteiger charge is 2.24. The van der Waals surface area contributed by atoms with E-state index in [0.717, 1.165) is 12.1 Å². The smallest absolute Gasteiger partial charge is 0.324 e. The van der Waals surface area contributed by atoms with Crippen LogP contribution in [0.5, 0.6) is 0 Å². The Morgan fingerprint density at radius 2 is 1.85 bits per heavy atom. The van der Waals surface area contributed by atoms with Crippen molar-refractivity contribution in [2.24, 2.45) is 0 Å². The van der Waals surface area contributed by atoms with Gasteiger partial charge in [0.2, 0.25) is 10.0 Å². The number of carbonyl (C=O) groups is 2. The highest BCUT2D eigenvalue weighted by molar-refractivity contribution is 7.89. The molecule has 2 rings (SSSR count). The molecular formula is C17H15ClFNO5S. The van der Waals surface area contributed by atoms with Gasteiger partial charge in [-0.3, -0.25) is 9.59 Å². The Kier molecular flexibility index (Phi) is 6.47. The topological polar surface area (TPSA) is 89.5 Å². The highest BCUT2D eigenvalue weighted by Crippen LogP contribution is 2.15. The van der Waals surface area contributed by atoms with Crippen molar-refractivity contribution in [3.05, 3.63) is 64.9 Å². The Labute approximate surface area is 155 Å². The van der Waals surface area contributed by atoms with Crippen molar-refractivity contribution in [1.82, 2.24) is 4.72 Å². The van der Waals surface area contributed by atoms with E-state index in [2.05, 4.69) is 4.72 Å². The van der Waals surface area contributed by atoms with Crippen LogP contribution in [0.1, 0.15) is 17.3 Å². The standard InChI is InChI=1S/C17H15ClFNO5S/c1-11(20-26(23,24)15-4-2-3-13(18)9-15)17(22)25-10-16(21)12-5-7-14(19)8-6-12/h2-9,11,20H,10H2,1H3/t11-/m0/s1. The number of halogens is 2. The average Bonchev–Trinajstić information content (AvgIpc) is 2.59. The van der Waals surface area contributed by atoms with Crippen molar-refractivity contribution >= 4 is 33.4 Å². The number of ketones is 1. The van der Waals surface area contributed by atoms with Gasteiger partial charge in [0, 0.05) is 10.6 Å². The Balaban J connectivity index is 1.95. The summed E-state index contributed by atoms with van der Waals surface area (Å²) in [5, 5.41) is 0.230. The fourth-order valence-electron chi connectivity index (χ4n) is 1.96. The van der Waals surface area contributed by atoms with Crippen molar-refractivity contribution in [2.45, 2.75) is 17.9 Å². The maximum Gasteiger partial charge on any atom is 0.324 e. The minimum Gasteiger partial charge on any atom is -0.456 e. The first kappa shape index (κ1) is 20.0. The third-order valence-electron chi connectivity index (χ3n) is 3.30. The molecule has 0 unspecified atom stereocenters. The Hall–Kier alpha value is -2.29. The fourth-order valence-corrected chi connectivity index (χ4v) is 3.46. The number of hydrogen-bond acceptors (Lipinski definition) is 5. The molecule has 0 spiro atoms. The van der Waals surface area contributed by atoms with Crippen LogP contribution in [0.4, 0.5) is 4.39 Å². The van der Waals surface area contributed by atoms with Crippen molar-refractivity contribution < 1.29 is 27.1 Å². The number of sulfonamides is 1. The molecule has 2 aromatic carbocycles. The SMILES string of the molecule is C[C@H](NS(=O)(=O)c1cccc(Cl)c1)C(=O)OCC(=O)c1ccc(F)cc1. The van der Waals surface area contributed by atoms with E-state index in [1.165, 1.54) is 43.3 Å². The minimum absolute atomic E-state index is 0.105. The largest absolute Gasteiger partial charge is 0.456 e. The summed E-state index contributed by atoms with van der Waals surface area (Å²) in [6.45, 7) is 0.695. The van der Waals surface area contributed by atoms with Gasteiger partial charge in [0.15, 0.2) is 12.4 Å². The Morgan fingerprint density at radius 3 is 2.46 bits per heavy atom. The second-order valence-electron chi connectivity index (χ2n) is 5.34. The molecule has 138 valence electrons. The van der Waals surface area contributed by atoms with Crippen LogP contribution in [0.25, 0.3) is 0 Å². The van der Waals surface area contributed by atoms with Gasteiger partial charge in [-0.2, -0.15) is 4.72 Å². The van der Waals surface area contributed by atoms with E-state index >= 15 is 0 Å². The second-order valence-corrected chi connectivity index (χ2v) is 7.49. The minimum atomic E-state index is -3.98. The lowest BCUT2D eigenvalue weighted by Gasteiger charge is -2.13. The van der Waals surface area contributed by atoms with E-state index < -0.39 is 40.2 Å². The first-order chi connectivity index (χ1) is 12.2. The van der Waals surface area contributed by atoms with Gasteiger partial charge >= 0.3 is 5.97 Å². The molecule has 0 amide bonds. The van der Waals surface area contributed by atoms with Gasteiger partial charge in [0.05, 0.1) is 4.90 Å². The van der Waals surface area contributed by atoms with E-state index in [9.17, 15) is 22.4 Å². The summed E-state index contributed by atoms with van der Waals surface area (Å²) in [6, 6.07) is 9.05. The van der Waals surface area contributed by atoms with E-state index in [-0.39, 0.29) is 15.5 Å². The molecular weight excluding hydrogens is 385 g/mol. The normalized spacial score (nSPS) is 12.4. The number of nitrogens with one attached hydrogen (secondary N) is 1. The Bertz CT molecular complexity index is 915. The predicted octanol–water partition coefficient (Wildman–Crippen LogP) is 2.57.